The number of fused-ring (bicyclic) bond motifs is 1. The molecule has 0 amide bonds. The van der Waals surface area contributed by atoms with Crippen LogP contribution in [-0.4, -0.2) is 102 Å². The fourth-order valence-corrected chi connectivity index (χ4v) is 5.37. The van der Waals surface area contributed by atoms with Gasteiger partial charge < -0.3 is 40.0 Å². The Hall–Kier alpha value is -4.56. The molecule has 2 aromatic carbocycles. The molecule has 5 N–H and O–H groups in total. The van der Waals surface area contributed by atoms with Crippen LogP contribution >= 0.6 is 11.8 Å². The van der Waals surface area contributed by atoms with Gasteiger partial charge in [-0.3, -0.25) is 0 Å². The third-order valence-corrected chi connectivity index (χ3v) is 8.11. The number of aliphatic carboxylic acids is 2. The van der Waals surface area contributed by atoms with Crippen molar-refractivity contribution in [3.63, 3.8) is 0 Å². The molecule has 0 radical (unpaired) electrons. The summed E-state index contributed by atoms with van der Waals surface area (Å²) in [5.41, 5.74) is -2.14. The molecule has 0 saturated carbocycles. The van der Waals surface area contributed by atoms with Crippen molar-refractivity contribution in [3.8, 4) is 5.75 Å². The van der Waals surface area contributed by atoms with Gasteiger partial charge in [0.25, 0.3) is 5.60 Å². The second kappa shape index (κ2) is 14.5. The Morgan fingerprint density at radius 3 is 2.39 bits per heavy atom. The van der Waals surface area contributed by atoms with Crippen molar-refractivity contribution in [2.24, 2.45) is 0 Å². The molecule has 19 heteroatoms. The number of halogens is 4. The van der Waals surface area contributed by atoms with Crippen molar-refractivity contribution in [1.82, 2.24) is 19.6 Å². The number of aliphatic hydroxyl groups is 2. The van der Waals surface area contributed by atoms with E-state index in [9.17, 15) is 47.6 Å². The smallest absolute Gasteiger partial charge is 0.422 e. The van der Waals surface area contributed by atoms with E-state index in [1.165, 1.54) is 40.7 Å². The summed E-state index contributed by atoms with van der Waals surface area (Å²) in [4.78, 5) is 33.3. The number of anilines is 1. The fraction of sp³-hybridized carbons (Fsp3) is 0.367. The molecule has 1 aliphatic rings. The van der Waals surface area contributed by atoms with Crippen LogP contribution < -0.4 is 10.1 Å². The molecule has 1 fully saturated rings. The quantitative estimate of drug-likeness (QED) is 0.0727. The van der Waals surface area contributed by atoms with Crippen LogP contribution in [-0.2, 0) is 32.0 Å². The van der Waals surface area contributed by atoms with E-state index in [0.717, 1.165) is 12.1 Å². The molecule has 3 heterocycles. The van der Waals surface area contributed by atoms with Crippen molar-refractivity contribution in [2.45, 2.75) is 54.3 Å². The van der Waals surface area contributed by atoms with Crippen LogP contribution in [0.5, 0.6) is 5.75 Å². The zero-order valence-corrected chi connectivity index (χ0v) is 26.2. The molecule has 0 aliphatic carbocycles. The lowest BCUT2D eigenvalue weighted by molar-refractivity contribution is -0.189. The number of rotatable bonds is 14. The molecule has 1 aliphatic heterocycles. The summed E-state index contributed by atoms with van der Waals surface area (Å²) in [6.07, 6.45) is -8.36. The number of aliphatic hydroxyl groups excluding tert-OH is 2. The number of nitrogens with zero attached hydrogens (tertiary/aromatic N) is 4. The monoisotopic (exact) mass is 711 g/mol. The summed E-state index contributed by atoms with van der Waals surface area (Å²) < 4.78 is 68.8. The Morgan fingerprint density at radius 1 is 1.06 bits per heavy atom. The summed E-state index contributed by atoms with van der Waals surface area (Å²) in [5.74, 6) is -4.19. The van der Waals surface area contributed by atoms with E-state index in [-0.39, 0.29) is 40.2 Å². The van der Waals surface area contributed by atoms with E-state index in [1.807, 2.05) is 0 Å². The zero-order valence-electron chi connectivity index (χ0n) is 25.4. The number of carbonyl (C=O) groups is 2. The molecule has 4 aromatic rings. The van der Waals surface area contributed by atoms with Crippen molar-refractivity contribution in [1.29, 1.82) is 0 Å². The van der Waals surface area contributed by atoms with Gasteiger partial charge in [0, 0.05) is 18.5 Å². The van der Waals surface area contributed by atoms with Crippen molar-refractivity contribution in [2.75, 3.05) is 24.8 Å². The summed E-state index contributed by atoms with van der Waals surface area (Å²) in [7, 11) is 0. The van der Waals surface area contributed by atoms with Crippen LogP contribution in [0, 0.1) is 5.82 Å². The van der Waals surface area contributed by atoms with Gasteiger partial charge >= 0.3 is 18.1 Å². The van der Waals surface area contributed by atoms with Crippen LogP contribution in [0.25, 0.3) is 5.65 Å². The molecule has 14 nitrogen and oxygen atoms in total. The Balaban J connectivity index is 1.33. The number of thioether (sulfide) groups is 1. The normalized spacial score (nSPS) is 19.7. The Bertz CT molecular complexity index is 1800. The number of imidazole rings is 1. The van der Waals surface area contributed by atoms with Crippen molar-refractivity contribution in [3.05, 3.63) is 77.4 Å². The van der Waals surface area contributed by atoms with Gasteiger partial charge in [0.15, 0.2) is 18.1 Å². The van der Waals surface area contributed by atoms with E-state index in [4.69, 9.17) is 9.47 Å². The summed E-state index contributed by atoms with van der Waals surface area (Å²) >= 11 is 1.18. The lowest BCUT2D eigenvalue weighted by Gasteiger charge is -2.27. The van der Waals surface area contributed by atoms with E-state index < -0.39 is 73.6 Å². The van der Waals surface area contributed by atoms with Gasteiger partial charge in [0.05, 0.1) is 18.5 Å². The van der Waals surface area contributed by atoms with Crippen LogP contribution in [0.3, 0.4) is 0 Å². The van der Waals surface area contributed by atoms with E-state index in [0.29, 0.717) is 5.56 Å². The summed E-state index contributed by atoms with van der Waals surface area (Å²) in [6, 6.07) is 10.7. The highest BCUT2D eigenvalue weighted by atomic mass is 32.2. The third kappa shape index (κ3) is 7.86. The standard InChI is InChI=1S/C30H29F4N5O9S/c1-49-28-37-24(35-11-16-4-2-3-5-18(16)31)25-36-12-19(39(25)38-28)23-22(41)21(40)20(48-23)13-47-29(26(42)43,27(44)45)10-15-6-8-17(9-7-15)46-14-30(32,33)34/h2-9,12,20-23,40-41H,10-11,13-14H2,1H3,(H,42,43)(H,44,45)(H,35,37,38)/t20-,21-,22-,23+/m1/s1. The molecule has 5 rings (SSSR count). The Kier molecular flexibility index (Phi) is 10.6. The second-order valence-corrected chi connectivity index (χ2v) is 11.6. The van der Waals surface area contributed by atoms with Gasteiger partial charge in [-0.1, -0.05) is 42.1 Å². The van der Waals surface area contributed by atoms with Gasteiger partial charge in [-0.25, -0.2) is 23.5 Å². The van der Waals surface area contributed by atoms with E-state index >= 15 is 0 Å². The molecule has 2 aromatic heterocycles. The van der Waals surface area contributed by atoms with Crippen molar-refractivity contribution >= 4 is 35.2 Å². The first-order valence-electron chi connectivity index (χ1n) is 14.4. The van der Waals surface area contributed by atoms with Crippen LogP contribution in [0.4, 0.5) is 23.4 Å². The molecule has 0 bridgehead atoms. The predicted octanol–water partition coefficient (Wildman–Crippen LogP) is 2.87. The molecule has 0 spiro atoms. The molecule has 262 valence electrons. The lowest BCUT2D eigenvalue weighted by atomic mass is 9.94. The Labute approximate surface area is 278 Å². The molecule has 0 unspecified atom stereocenters. The Morgan fingerprint density at radius 2 is 1.76 bits per heavy atom. The number of ether oxygens (including phenoxy) is 3. The highest BCUT2D eigenvalue weighted by Gasteiger charge is 2.51. The molecular formula is C30H29F4N5O9S. The van der Waals surface area contributed by atoms with E-state index in [1.54, 1.807) is 24.5 Å². The average molecular weight is 712 g/mol. The van der Waals surface area contributed by atoms with Crippen LogP contribution in [0.2, 0.25) is 0 Å². The van der Waals surface area contributed by atoms with Gasteiger partial charge in [0.2, 0.25) is 5.16 Å². The maximum Gasteiger partial charge on any atom is 0.422 e. The lowest BCUT2D eigenvalue weighted by Crippen LogP contribution is -2.52. The maximum absolute atomic E-state index is 14.2. The second-order valence-electron chi connectivity index (χ2n) is 10.9. The highest BCUT2D eigenvalue weighted by molar-refractivity contribution is 7.98. The maximum atomic E-state index is 14.2. The number of nitrogens with one attached hydrogen (secondary N) is 1. The average Bonchev–Trinajstić information content (AvgIpc) is 3.61. The van der Waals surface area contributed by atoms with Crippen LogP contribution in [0.1, 0.15) is 22.9 Å². The number of benzene rings is 2. The minimum Gasteiger partial charge on any atom is -0.484 e. The van der Waals surface area contributed by atoms with Gasteiger partial charge in [0.1, 0.15) is 36.0 Å². The van der Waals surface area contributed by atoms with Gasteiger partial charge in [-0.2, -0.15) is 18.2 Å². The zero-order chi connectivity index (χ0) is 35.5. The molecule has 4 atom stereocenters. The van der Waals surface area contributed by atoms with E-state index in [2.05, 4.69) is 25.1 Å². The predicted molar refractivity (Wildman–Crippen MR) is 162 cm³/mol. The first kappa shape index (κ1) is 35.7. The molecule has 1 saturated heterocycles. The molecule has 49 heavy (non-hydrogen) atoms. The van der Waals surface area contributed by atoms with Crippen LogP contribution in [0.15, 0.2) is 59.9 Å². The minimum atomic E-state index is -4.59. The number of aromatic nitrogens is 4. The SMILES string of the molecule is CSc1nc(NCc2ccccc2F)c2ncc([C@@H]3O[C@H](COC(Cc4ccc(OCC(F)(F)F)cc4)(C(=O)O)C(=O)O)[C@@H](O)[C@H]3O)n2n1. The molecular weight excluding hydrogens is 682 g/mol. The minimum absolute atomic E-state index is 0.0565. The number of carboxylic acids is 2. The van der Waals surface area contributed by atoms with Gasteiger partial charge in [-0.05, 0) is 30.0 Å². The highest BCUT2D eigenvalue weighted by Crippen LogP contribution is 2.36. The summed E-state index contributed by atoms with van der Waals surface area (Å²) in [5, 5.41) is 49.3. The number of carboxylic acid groups (broad SMARTS) is 2. The number of hydrogen-bond donors (Lipinski definition) is 5. The first-order valence-corrected chi connectivity index (χ1v) is 15.6. The first-order chi connectivity index (χ1) is 23.2. The summed E-state index contributed by atoms with van der Waals surface area (Å²) in [6.45, 7) is -2.31. The fourth-order valence-electron chi connectivity index (χ4n) is 5.03. The number of alkyl halides is 3. The topological polar surface area (TPSA) is 198 Å². The van der Waals surface area contributed by atoms with Crippen molar-refractivity contribution < 1.29 is 61.8 Å². The third-order valence-electron chi connectivity index (χ3n) is 7.57. The number of hydrogen-bond acceptors (Lipinski definition) is 12. The van der Waals surface area contributed by atoms with Gasteiger partial charge in [-0.15, -0.1) is 5.10 Å². The largest absolute Gasteiger partial charge is 0.484 e.